The molecule has 12 heteroatoms. The van der Waals surface area contributed by atoms with E-state index in [1.165, 1.54) is 16.7 Å². The molecule has 10 nitrogen and oxygen atoms in total. The van der Waals surface area contributed by atoms with Crippen molar-refractivity contribution in [1.29, 1.82) is 0 Å². The highest BCUT2D eigenvalue weighted by Crippen LogP contribution is 2.39. The van der Waals surface area contributed by atoms with Crippen LogP contribution < -0.4 is 20.5 Å². The third-order valence-corrected chi connectivity index (χ3v) is 6.87. The fourth-order valence-corrected chi connectivity index (χ4v) is 4.90. The fraction of sp³-hybridized carbons (Fsp3) is 0.400. The van der Waals surface area contributed by atoms with Crippen LogP contribution in [0.3, 0.4) is 0 Å². The zero-order valence-corrected chi connectivity index (χ0v) is 24.3. The Morgan fingerprint density at radius 2 is 1.93 bits per heavy atom. The van der Waals surface area contributed by atoms with Gasteiger partial charge in [0.1, 0.15) is 17.9 Å². The van der Waals surface area contributed by atoms with E-state index in [0.29, 0.717) is 44.0 Å². The zero-order valence-electron chi connectivity index (χ0n) is 24.3. The molecule has 222 valence electrons. The van der Waals surface area contributed by atoms with Gasteiger partial charge in [0, 0.05) is 54.8 Å². The molecule has 42 heavy (non-hydrogen) atoms. The van der Waals surface area contributed by atoms with Gasteiger partial charge in [0.15, 0.2) is 17.4 Å². The van der Waals surface area contributed by atoms with Gasteiger partial charge >= 0.3 is 6.09 Å². The van der Waals surface area contributed by atoms with E-state index in [4.69, 9.17) is 9.47 Å². The van der Waals surface area contributed by atoms with Gasteiger partial charge in [0.2, 0.25) is 5.95 Å². The van der Waals surface area contributed by atoms with Crippen LogP contribution in [0.25, 0.3) is 17.0 Å². The number of nitrogens with one attached hydrogen (secondary N) is 1. The van der Waals surface area contributed by atoms with Crippen LogP contribution in [0.4, 0.5) is 30.9 Å². The average Bonchev–Trinajstić information content (AvgIpc) is 2.93. The van der Waals surface area contributed by atoms with Crippen LogP contribution in [0.15, 0.2) is 47.5 Å². The summed E-state index contributed by atoms with van der Waals surface area (Å²) >= 11 is 0. The topological polar surface area (TPSA) is 102 Å². The molecule has 1 N–H and O–H groups in total. The number of nitrogens with zero attached hydrogens (tertiary/aromatic N) is 5. The van der Waals surface area contributed by atoms with Crippen LogP contribution in [-0.4, -0.2) is 63.4 Å². The van der Waals surface area contributed by atoms with Gasteiger partial charge in [-0.15, -0.1) is 0 Å². The minimum Gasteiger partial charge on any atom is -0.486 e. The van der Waals surface area contributed by atoms with E-state index in [0.717, 1.165) is 11.9 Å². The van der Waals surface area contributed by atoms with E-state index in [1.54, 1.807) is 23.2 Å². The SMILES string of the molecule is CC(C)N1CCOc2c(F)cc(-c3nc(Nc4ccn(C5=CCN(C(=O)OC(C)(C)C)CC5)c(=O)c4)ncc3F)cc21. The summed E-state index contributed by atoms with van der Waals surface area (Å²) in [6, 6.07) is 6.00. The molecule has 0 atom stereocenters. The second-order valence-corrected chi connectivity index (χ2v) is 11.5. The number of rotatable bonds is 5. The Bertz CT molecular complexity index is 1600. The third-order valence-electron chi connectivity index (χ3n) is 6.87. The summed E-state index contributed by atoms with van der Waals surface area (Å²) in [4.78, 5) is 37.2. The lowest BCUT2D eigenvalue weighted by atomic mass is 10.1. The zero-order chi connectivity index (χ0) is 30.2. The highest BCUT2D eigenvalue weighted by molar-refractivity contribution is 5.73. The second-order valence-electron chi connectivity index (χ2n) is 11.5. The number of carbonyl (C=O) groups is 1. The maximum absolute atomic E-state index is 15.0. The van der Waals surface area contributed by atoms with Crippen LogP contribution >= 0.6 is 0 Å². The summed E-state index contributed by atoms with van der Waals surface area (Å²) in [7, 11) is 0. The first-order valence-corrected chi connectivity index (χ1v) is 13.8. The molecular weight excluding hydrogens is 546 g/mol. The molecule has 4 heterocycles. The normalized spacial score (nSPS) is 15.2. The maximum Gasteiger partial charge on any atom is 0.410 e. The van der Waals surface area contributed by atoms with Crippen LogP contribution in [0.1, 0.15) is 41.0 Å². The van der Waals surface area contributed by atoms with Crippen LogP contribution in [0.2, 0.25) is 0 Å². The predicted molar refractivity (Wildman–Crippen MR) is 156 cm³/mol. The minimum absolute atomic E-state index is 0.0449. The Kier molecular flexibility index (Phi) is 7.89. The number of amides is 1. The van der Waals surface area contributed by atoms with Crippen molar-refractivity contribution in [2.45, 2.75) is 52.7 Å². The molecule has 0 unspecified atom stereocenters. The highest BCUT2D eigenvalue weighted by atomic mass is 19.1. The Morgan fingerprint density at radius 3 is 2.60 bits per heavy atom. The van der Waals surface area contributed by atoms with Crippen molar-refractivity contribution in [2.75, 3.05) is 36.5 Å². The van der Waals surface area contributed by atoms with E-state index < -0.39 is 23.3 Å². The number of anilines is 3. The summed E-state index contributed by atoms with van der Waals surface area (Å²) in [5.41, 5.74) is 0.969. The van der Waals surface area contributed by atoms with E-state index in [2.05, 4.69) is 15.3 Å². The Labute approximate surface area is 242 Å². The molecule has 0 spiro atoms. The molecule has 0 aliphatic carbocycles. The van der Waals surface area contributed by atoms with Crippen LogP contribution in [0.5, 0.6) is 5.75 Å². The maximum atomic E-state index is 15.0. The molecule has 0 saturated heterocycles. The Hall–Kier alpha value is -4.48. The quantitative estimate of drug-likeness (QED) is 0.427. The number of benzene rings is 1. The molecule has 1 amide bonds. The third kappa shape index (κ3) is 6.22. The van der Waals surface area contributed by atoms with Crippen molar-refractivity contribution in [2.24, 2.45) is 0 Å². The standard InChI is InChI=1S/C30H34F2N6O4/c1-18(2)37-12-13-41-27-22(31)14-19(15-24(27)37)26-23(32)17-33-28(35-26)34-20-6-11-38(25(39)16-20)21-7-9-36(10-8-21)29(40)42-30(3,4)5/h6-7,11,14-18H,8-10,12-13H2,1-5H3,(H,33,34,35). The monoisotopic (exact) mass is 580 g/mol. The number of fused-ring (bicyclic) bond motifs is 1. The first-order valence-electron chi connectivity index (χ1n) is 13.8. The van der Waals surface area contributed by atoms with E-state index in [-0.39, 0.29) is 34.6 Å². The van der Waals surface area contributed by atoms with Crippen molar-refractivity contribution < 1.29 is 23.0 Å². The largest absolute Gasteiger partial charge is 0.486 e. The molecule has 2 aliphatic heterocycles. The van der Waals surface area contributed by atoms with Crippen molar-refractivity contribution >= 4 is 29.1 Å². The lowest BCUT2D eigenvalue weighted by Gasteiger charge is -2.34. The summed E-state index contributed by atoms with van der Waals surface area (Å²) in [5.74, 6) is -1.13. The highest BCUT2D eigenvalue weighted by Gasteiger charge is 2.26. The molecule has 0 saturated carbocycles. The number of aromatic nitrogens is 3. The van der Waals surface area contributed by atoms with Crippen molar-refractivity contribution in [1.82, 2.24) is 19.4 Å². The van der Waals surface area contributed by atoms with Crippen molar-refractivity contribution in [3.8, 4) is 17.0 Å². The van der Waals surface area contributed by atoms with Crippen molar-refractivity contribution in [3.05, 3.63) is 64.7 Å². The molecule has 3 aromatic rings. The number of pyridine rings is 1. The van der Waals surface area contributed by atoms with Gasteiger partial charge in [-0.3, -0.25) is 9.36 Å². The minimum atomic E-state index is -0.715. The van der Waals surface area contributed by atoms with E-state index >= 15 is 0 Å². The van der Waals surface area contributed by atoms with Gasteiger partial charge < -0.3 is 24.6 Å². The average molecular weight is 581 g/mol. The first-order chi connectivity index (χ1) is 19.9. The van der Waals surface area contributed by atoms with Gasteiger partial charge in [-0.1, -0.05) is 0 Å². The predicted octanol–water partition coefficient (Wildman–Crippen LogP) is 5.42. The summed E-state index contributed by atoms with van der Waals surface area (Å²) in [6.07, 6.45) is 4.52. The lowest BCUT2D eigenvalue weighted by molar-refractivity contribution is 0.0269. The number of ether oxygens (including phenoxy) is 2. The molecule has 2 aromatic heterocycles. The summed E-state index contributed by atoms with van der Waals surface area (Å²) in [6.45, 7) is 11.1. The van der Waals surface area contributed by atoms with E-state index in [1.807, 2.05) is 45.6 Å². The molecular formula is C30H34F2N6O4. The number of halogens is 2. The molecule has 1 aromatic carbocycles. The molecule has 0 fully saturated rings. The molecule has 2 aliphatic rings. The Morgan fingerprint density at radius 1 is 1.14 bits per heavy atom. The number of carbonyl (C=O) groups excluding carboxylic acids is 1. The number of hydrogen-bond donors (Lipinski definition) is 1. The number of hydrogen-bond acceptors (Lipinski definition) is 8. The van der Waals surface area contributed by atoms with Crippen molar-refractivity contribution in [3.63, 3.8) is 0 Å². The molecule has 0 radical (unpaired) electrons. The van der Waals surface area contributed by atoms with Crippen LogP contribution in [-0.2, 0) is 4.74 Å². The summed E-state index contributed by atoms with van der Waals surface area (Å²) < 4.78 is 42.3. The lowest BCUT2D eigenvalue weighted by Crippen LogP contribution is -2.39. The summed E-state index contributed by atoms with van der Waals surface area (Å²) in [5, 5.41) is 2.94. The molecule has 5 rings (SSSR count). The Balaban J connectivity index is 1.34. The van der Waals surface area contributed by atoms with Gasteiger partial charge in [0.05, 0.1) is 18.4 Å². The second kappa shape index (κ2) is 11.4. The van der Waals surface area contributed by atoms with Gasteiger partial charge in [-0.05, 0) is 58.9 Å². The van der Waals surface area contributed by atoms with Crippen LogP contribution in [0, 0.1) is 11.6 Å². The van der Waals surface area contributed by atoms with Gasteiger partial charge in [0.25, 0.3) is 5.56 Å². The first kappa shape index (κ1) is 29.0. The molecule has 0 bridgehead atoms. The smallest absolute Gasteiger partial charge is 0.410 e. The fourth-order valence-electron chi connectivity index (χ4n) is 4.90. The van der Waals surface area contributed by atoms with Gasteiger partial charge in [-0.2, -0.15) is 0 Å². The van der Waals surface area contributed by atoms with E-state index in [9.17, 15) is 18.4 Å². The van der Waals surface area contributed by atoms with Gasteiger partial charge in [-0.25, -0.2) is 23.5 Å².